The third-order valence-corrected chi connectivity index (χ3v) is 5.97. The molecule has 0 atom stereocenters. The Hall–Kier alpha value is -2.60. The van der Waals surface area contributed by atoms with E-state index in [-0.39, 0.29) is 23.3 Å². The van der Waals surface area contributed by atoms with Crippen molar-refractivity contribution in [3.63, 3.8) is 0 Å². The van der Waals surface area contributed by atoms with Gasteiger partial charge in [-0.3, -0.25) is 14.2 Å². The van der Waals surface area contributed by atoms with E-state index in [9.17, 15) is 9.59 Å². The number of hydrogen-bond acceptors (Lipinski definition) is 4. The predicted molar refractivity (Wildman–Crippen MR) is 114 cm³/mol. The zero-order valence-corrected chi connectivity index (χ0v) is 16.9. The number of nitrogens with zero attached hydrogens (tertiary/aromatic N) is 3. The number of hydrogen-bond donors (Lipinski definition) is 0. The van der Waals surface area contributed by atoms with E-state index >= 15 is 0 Å². The summed E-state index contributed by atoms with van der Waals surface area (Å²) >= 11 is 1.34. The molecule has 0 radical (unpaired) electrons. The van der Waals surface area contributed by atoms with Gasteiger partial charge in [-0.05, 0) is 50.5 Å². The molecular formula is C22H23N3O2S. The van der Waals surface area contributed by atoms with Gasteiger partial charge in [-0.2, -0.15) is 0 Å². The Morgan fingerprint density at radius 3 is 2.71 bits per heavy atom. The third kappa shape index (κ3) is 3.44. The summed E-state index contributed by atoms with van der Waals surface area (Å²) in [5.74, 6) is 0.307. The lowest BCUT2D eigenvalue weighted by Crippen LogP contribution is -2.37. The summed E-state index contributed by atoms with van der Waals surface area (Å²) in [4.78, 5) is 32.4. The summed E-state index contributed by atoms with van der Waals surface area (Å²) in [6, 6.07) is 15.4. The summed E-state index contributed by atoms with van der Waals surface area (Å²) in [5, 5.41) is 1.20. The van der Waals surface area contributed by atoms with Gasteiger partial charge in [-0.15, -0.1) is 0 Å². The molecule has 0 aliphatic carbocycles. The molecule has 0 fully saturated rings. The first-order chi connectivity index (χ1) is 13.6. The molecule has 3 aromatic rings. The van der Waals surface area contributed by atoms with Crippen LogP contribution in [0.5, 0.6) is 0 Å². The fraction of sp³-hybridized carbons (Fsp3) is 0.318. The van der Waals surface area contributed by atoms with Crippen molar-refractivity contribution in [3.8, 4) is 0 Å². The first kappa shape index (κ1) is 18.7. The van der Waals surface area contributed by atoms with Gasteiger partial charge in [-0.25, -0.2) is 4.98 Å². The minimum Gasteiger partial charge on any atom is -0.311 e. The third-order valence-electron chi connectivity index (χ3n) is 5.03. The van der Waals surface area contributed by atoms with Crippen molar-refractivity contribution in [1.82, 2.24) is 9.55 Å². The summed E-state index contributed by atoms with van der Waals surface area (Å²) in [6.07, 6.45) is 1.98. The number of carbonyl (C=O) groups is 1. The van der Waals surface area contributed by atoms with Crippen LogP contribution in [0, 0.1) is 0 Å². The molecule has 2 aromatic carbocycles. The molecule has 1 aliphatic heterocycles. The molecule has 1 aromatic heterocycles. The number of benzene rings is 2. The van der Waals surface area contributed by atoms with Crippen molar-refractivity contribution < 1.29 is 4.79 Å². The normalized spacial score (nSPS) is 13.8. The van der Waals surface area contributed by atoms with Crippen LogP contribution in [0.3, 0.4) is 0 Å². The van der Waals surface area contributed by atoms with E-state index in [4.69, 9.17) is 0 Å². The number of rotatable bonds is 4. The highest BCUT2D eigenvalue weighted by Gasteiger charge is 2.23. The maximum Gasteiger partial charge on any atom is 0.262 e. The molecule has 4 rings (SSSR count). The highest BCUT2D eigenvalue weighted by Crippen LogP contribution is 2.28. The zero-order valence-electron chi connectivity index (χ0n) is 16.1. The largest absolute Gasteiger partial charge is 0.311 e. The van der Waals surface area contributed by atoms with E-state index in [0.29, 0.717) is 16.1 Å². The molecule has 144 valence electrons. The summed E-state index contributed by atoms with van der Waals surface area (Å²) in [7, 11) is 0. The van der Waals surface area contributed by atoms with E-state index < -0.39 is 0 Å². The second-order valence-electron chi connectivity index (χ2n) is 7.25. The monoisotopic (exact) mass is 393 g/mol. The molecule has 2 heterocycles. The number of fused-ring (bicyclic) bond motifs is 2. The fourth-order valence-electron chi connectivity index (χ4n) is 3.68. The Balaban J connectivity index is 1.62. The second kappa shape index (κ2) is 7.80. The zero-order chi connectivity index (χ0) is 19.7. The van der Waals surface area contributed by atoms with Gasteiger partial charge in [0.25, 0.3) is 5.56 Å². The van der Waals surface area contributed by atoms with Crippen molar-refractivity contribution in [3.05, 3.63) is 64.4 Å². The Morgan fingerprint density at radius 2 is 1.89 bits per heavy atom. The average molecular weight is 394 g/mol. The molecular weight excluding hydrogens is 370 g/mol. The van der Waals surface area contributed by atoms with Crippen molar-refractivity contribution in [1.29, 1.82) is 0 Å². The molecule has 1 aliphatic rings. The molecule has 0 bridgehead atoms. The number of amides is 1. The number of thioether (sulfide) groups is 1. The van der Waals surface area contributed by atoms with Gasteiger partial charge in [-0.1, -0.05) is 42.1 Å². The minimum atomic E-state index is -0.0566. The Morgan fingerprint density at radius 1 is 1.14 bits per heavy atom. The van der Waals surface area contributed by atoms with Crippen LogP contribution in [0.15, 0.2) is 58.5 Å². The smallest absolute Gasteiger partial charge is 0.262 e. The number of aryl methyl sites for hydroxylation is 1. The summed E-state index contributed by atoms with van der Waals surface area (Å²) in [6.45, 7) is 4.66. The highest BCUT2D eigenvalue weighted by molar-refractivity contribution is 7.99. The van der Waals surface area contributed by atoms with Crippen LogP contribution in [0.2, 0.25) is 0 Å². The predicted octanol–water partition coefficient (Wildman–Crippen LogP) is 4.05. The van der Waals surface area contributed by atoms with Crippen LogP contribution < -0.4 is 10.5 Å². The summed E-state index contributed by atoms with van der Waals surface area (Å²) < 4.78 is 1.68. The van der Waals surface area contributed by atoms with Crippen molar-refractivity contribution in [2.45, 2.75) is 37.9 Å². The lowest BCUT2D eigenvalue weighted by Gasteiger charge is -2.29. The van der Waals surface area contributed by atoms with Crippen LogP contribution >= 0.6 is 11.8 Å². The Labute approximate surface area is 168 Å². The first-order valence-corrected chi connectivity index (χ1v) is 10.6. The van der Waals surface area contributed by atoms with Crippen LogP contribution in [0.25, 0.3) is 10.9 Å². The maximum atomic E-state index is 13.0. The molecule has 0 N–H and O–H groups in total. The standard InChI is InChI=1S/C22H23N3O2S/c1-15(2)25-21(27)17-10-4-5-11-18(17)23-22(25)28-14-20(26)24-13-7-9-16-8-3-6-12-19(16)24/h3-6,8,10-12,15H,7,9,13-14H2,1-2H3. The number of para-hydroxylation sites is 2. The van der Waals surface area contributed by atoms with Gasteiger partial charge in [0.2, 0.25) is 5.91 Å². The van der Waals surface area contributed by atoms with E-state index in [1.54, 1.807) is 10.6 Å². The maximum absolute atomic E-state index is 13.0. The van der Waals surface area contributed by atoms with Crippen LogP contribution in [0.1, 0.15) is 31.9 Å². The van der Waals surface area contributed by atoms with Crippen molar-refractivity contribution in [2.24, 2.45) is 0 Å². The Kier molecular flexibility index (Phi) is 5.22. The lowest BCUT2D eigenvalue weighted by molar-refractivity contribution is -0.116. The molecule has 0 unspecified atom stereocenters. The molecule has 6 heteroatoms. The molecule has 0 saturated heterocycles. The molecule has 1 amide bonds. The first-order valence-electron chi connectivity index (χ1n) is 9.58. The van der Waals surface area contributed by atoms with E-state index in [0.717, 1.165) is 25.1 Å². The molecule has 0 spiro atoms. The SMILES string of the molecule is CC(C)n1c(SCC(=O)N2CCCc3ccccc32)nc2ccccc2c1=O. The molecule has 0 saturated carbocycles. The van der Waals surface area contributed by atoms with Crippen LogP contribution in [0.4, 0.5) is 5.69 Å². The van der Waals surface area contributed by atoms with Gasteiger partial charge < -0.3 is 4.90 Å². The van der Waals surface area contributed by atoms with Crippen molar-refractivity contribution in [2.75, 3.05) is 17.2 Å². The van der Waals surface area contributed by atoms with Gasteiger partial charge in [0.15, 0.2) is 5.16 Å². The molecule has 5 nitrogen and oxygen atoms in total. The highest BCUT2D eigenvalue weighted by atomic mass is 32.2. The quantitative estimate of drug-likeness (QED) is 0.496. The summed E-state index contributed by atoms with van der Waals surface area (Å²) in [5.41, 5.74) is 2.84. The van der Waals surface area contributed by atoms with E-state index in [1.807, 2.05) is 55.1 Å². The fourth-order valence-corrected chi connectivity index (χ4v) is 4.68. The lowest BCUT2D eigenvalue weighted by atomic mass is 10.0. The van der Waals surface area contributed by atoms with Gasteiger partial charge in [0, 0.05) is 18.3 Å². The minimum absolute atomic E-state index is 0.0297. The number of anilines is 1. The van der Waals surface area contributed by atoms with Crippen LogP contribution in [-0.4, -0.2) is 27.8 Å². The molecule has 28 heavy (non-hydrogen) atoms. The Bertz CT molecular complexity index is 1090. The number of carbonyl (C=O) groups excluding carboxylic acids is 1. The average Bonchev–Trinajstić information content (AvgIpc) is 2.71. The van der Waals surface area contributed by atoms with Crippen molar-refractivity contribution >= 4 is 34.3 Å². The van der Waals surface area contributed by atoms with E-state index in [1.165, 1.54) is 17.3 Å². The van der Waals surface area contributed by atoms with Gasteiger partial charge in [0.1, 0.15) is 0 Å². The van der Waals surface area contributed by atoms with Gasteiger partial charge in [0.05, 0.1) is 16.7 Å². The van der Waals surface area contributed by atoms with Gasteiger partial charge >= 0.3 is 0 Å². The number of aromatic nitrogens is 2. The topological polar surface area (TPSA) is 55.2 Å². The van der Waals surface area contributed by atoms with E-state index in [2.05, 4.69) is 11.1 Å². The van der Waals surface area contributed by atoms with Crippen LogP contribution in [-0.2, 0) is 11.2 Å². The second-order valence-corrected chi connectivity index (χ2v) is 8.19.